The van der Waals surface area contributed by atoms with E-state index in [9.17, 15) is 0 Å². The van der Waals surface area contributed by atoms with Gasteiger partial charge >= 0.3 is 0 Å². The van der Waals surface area contributed by atoms with Gasteiger partial charge in [-0.25, -0.2) is 9.97 Å². The van der Waals surface area contributed by atoms with E-state index in [2.05, 4.69) is 26.1 Å². The summed E-state index contributed by atoms with van der Waals surface area (Å²) < 4.78 is 1.53. The number of nitrogens with two attached hydrogens (primary N) is 1. The third kappa shape index (κ3) is 1.51. The highest BCUT2D eigenvalue weighted by Crippen LogP contribution is 2.26. The quantitative estimate of drug-likeness (QED) is 0.566. The van der Waals surface area contributed by atoms with Crippen LogP contribution in [0.2, 0.25) is 0 Å². The molecule has 4 aromatic rings. The molecule has 4 rings (SSSR count). The second kappa shape index (κ2) is 3.99. The highest BCUT2D eigenvalue weighted by Gasteiger charge is 2.10. The number of hydrogen-bond acceptors (Lipinski definition) is 5. The molecule has 0 aliphatic carbocycles. The van der Waals surface area contributed by atoms with Gasteiger partial charge in [0, 0.05) is 23.3 Å². The van der Waals surface area contributed by atoms with Gasteiger partial charge in [-0.3, -0.25) is 4.98 Å². The van der Waals surface area contributed by atoms with E-state index in [1.165, 1.54) is 10.8 Å². The Morgan fingerprint density at radius 2 is 2.00 bits per heavy atom. The molecule has 0 atom stereocenters. The maximum absolute atomic E-state index is 5.78. The number of rotatable bonds is 1. The van der Waals surface area contributed by atoms with E-state index >= 15 is 0 Å². The number of aromatic nitrogens is 5. The predicted molar refractivity (Wildman–Crippen MR) is 75.9 cm³/mol. The van der Waals surface area contributed by atoms with Crippen LogP contribution in [0.5, 0.6) is 0 Å². The zero-order chi connectivity index (χ0) is 13.5. The molecular formula is C14H10N6. The molecule has 3 aromatic heterocycles. The number of hydrogen-bond donors (Lipinski definition) is 1. The Bertz CT molecular complexity index is 927. The lowest BCUT2D eigenvalue weighted by Crippen LogP contribution is -2.02. The van der Waals surface area contributed by atoms with Gasteiger partial charge in [-0.05, 0) is 23.8 Å². The molecule has 2 N–H and O–H groups in total. The number of nitrogen functional groups attached to an aromatic ring is 1. The molecule has 1 aromatic carbocycles. The molecule has 0 aliphatic heterocycles. The average Bonchev–Trinajstić information content (AvgIpc) is 2.98. The fourth-order valence-corrected chi connectivity index (χ4v) is 2.28. The highest BCUT2D eigenvalue weighted by atomic mass is 15.3. The Morgan fingerprint density at radius 1 is 1.05 bits per heavy atom. The second-order valence-electron chi connectivity index (χ2n) is 4.44. The van der Waals surface area contributed by atoms with Crippen LogP contribution in [0, 0.1) is 0 Å². The Kier molecular flexibility index (Phi) is 2.17. The van der Waals surface area contributed by atoms with Crippen molar-refractivity contribution in [3.8, 4) is 11.1 Å². The van der Waals surface area contributed by atoms with Gasteiger partial charge in [0.2, 0.25) is 5.95 Å². The van der Waals surface area contributed by atoms with Crippen molar-refractivity contribution >= 4 is 22.5 Å². The number of benzene rings is 1. The van der Waals surface area contributed by atoms with Crippen molar-refractivity contribution in [2.24, 2.45) is 0 Å². The van der Waals surface area contributed by atoms with Crippen LogP contribution in [0.1, 0.15) is 0 Å². The van der Waals surface area contributed by atoms with Crippen molar-refractivity contribution in [2.45, 2.75) is 0 Å². The van der Waals surface area contributed by atoms with E-state index in [1.54, 1.807) is 12.4 Å². The van der Waals surface area contributed by atoms with Crippen LogP contribution in [-0.4, -0.2) is 24.6 Å². The molecule has 0 fully saturated rings. The minimum atomic E-state index is 0.323. The summed E-state index contributed by atoms with van der Waals surface area (Å²) in [6, 6.07) is 9.98. The summed E-state index contributed by atoms with van der Waals surface area (Å²) in [5.74, 6) is 0.323. The molecule has 0 amide bonds. The lowest BCUT2D eigenvalue weighted by molar-refractivity contribution is 0.940. The molecule has 0 spiro atoms. The lowest BCUT2D eigenvalue weighted by atomic mass is 10.1. The summed E-state index contributed by atoms with van der Waals surface area (Å²) >= 11 is 0. The molecule has 0 bridgehead atoms. The van der Waals surface area contributed by atoms with E-state index in [0.29, 0.717) is 11.6 Å². The van der Waals surface area contributed by atoms with E-state index in [-0.39, 0.29) is 0 Å². The fraction of sp³-hybridized carbons (Fsp3) is 0. The van der Waals surface area contributed by atoms with Gasteiger partial charge in [0.05, 0.1) is 5.52 Å². The maximum atomic E-state index is 5.78. The average molecular weight is 262 g/mol. The van der Waals surface area contributed by atoms with Crippen molar-refractivity contribution in [3.63, 3.8) is 0 Å². The van der Waals surface area contributed by atoms with Crippen molar-refractivity contribution < 1.29 is 0 Å². The van der Waals surface area contributed by atoms with E-state index < -0.39 is 0 Å². The summed E-state index contributed by atoms with van der Waals surface area (Å²) in [6.45, 7) is 0. The first-order valence-corrected chi connectivity index (χ1v) is 6.12. The highest BCUT2D eigenvalue weighted by molar-refractivity contribution is 5.87. The van der Waals surface area contributed by atoms with Gasteiger partial charge in [-0.2, -0.15) is 9.61 Å². The van der Waals surface area contributed by atoms with E-state index in [4.69, 9.17) is 5.73 Å². The van der Waals surface area contributed by atoms with Crippen LogP contribution in [0.15, 0.2) is 49.1 Å². The summed E-state index contributed by atoms with van der Waals surface area (Å²) in [4.78, 5) is 12.7. The van der Waals surface area contributed by atoms with Crippen LogP contribution >= 0.6 is 0 Å². The van der Waals surface area contributed by atoms with E-state index in [1.807, 2.05) is 24.3 Å². The van der Waals surface area contributed by atoms with Crippen LogP contribution in [0.3, 0.4) is 0 Å². The smallest absolute Gasteiger partial charge is 0.223 e. The molecule has 0 radical (unpaired) electrons. The number of nitrogens with zero attached hydrogens (tertiary/aromatic N) is 5. The Morgan fingerprint density at radius 3 is 2.95 bits per heavy atom. The first-order valence-electron chi connectivity index (χ1n) is 6.12. The maximum Gasteiger partial charge on any atom is 0.223 e. The van der Waals surface area contributed by atoms with Gasteiger partial charge in [0.25, 0.3) is 0 Å². The number of anilines is 1. The van der Waals surface area contributed by atoms with Gasteiger partial charge in [-0.1, -0.05) is 12.1 Å². The molecular weight excluding hydrogens is 252 g/mol. The number of fused-ring (bicyclic) bond motifs is 2. The van der Waals surface area contributed by atoms with Gasteiger partial charge in [-0.15, -0.1) is 0 Å². The monoisotopic (exact) mass is 262 g/mol. The number of pyridine rings is 1. The molecule has 0 saturated carbocycles. The Balaban J connectivity index is 2.01. The summed E-state index contributed by atoms with van der Waals surface area (Å²) in [5, 5.41) is 5.14. The SMILES string of the molecule is Nc1ncc(-c2ccc3ncccc3c2)c2ncnn12. The van der Waals surface area contributed by atoms with Gasteiger partial charge in [0.15, 0.2) is 5.65 Å². The van der Waals surface area contributed by atoms with Gasteiger partial charge < -0.3 is 5.73 Å². The zero-order valence-electron chi connectivity index (χ0n) is 10.4. The van der Waals surface area contributed by atoms with Crippen molar-refractivity contribution in [1.82, 2.24) is 24.6 Å². The Labute approximate surface area is 113 Å². The minimum Gasteiger partial charge on any atom is -0.368 e. The topological polar surface area (TPSA) is 82.0 Å². The molecule has 0 aliphatic rings. The third-order valence-corrected chi connectivity index (χ3v) is 3.25. The van der Waals surface area contributed by atoms with Crippen molar-refractivity contribution in [1.29, 1.82) is 0 Å². The van der Waals surface area contributed by atoms with Crippen molar-refractivity contribution in [3.05, 3.63) is 49.1 Å². The zero-order valence-corrected chi connectivity index (χ0v) is 10.4. The first-order chi connectivity index (χ1) is 9.83. The normalized spacial score (nSPS) is 11.2. The van der Waals surface area contributed by atoms with Crippen molar-refractivity contribution in [2.75, 3.05) is 5.73 Å². The predicted octanol–water partition coefficient (Wildman–Crippen LogP) is 1.92. The molecule has 3 heterocycles. The standard InChI is InChI=1S/C14H10N6/c15-14-17-7-11(13-18-8-19-20(13)14)9-3-4-12-10(6-9)2-1-5-16-12/h1-8H,(H2,15,17). The molecule has 6 nitrogen and oxygen atoms in total. The van der Waals surface area contributed by atoms with E-state index in [0.717, 1.165) is 22.0 Å². The third-order valence-electron chi connectivity index (χ3n) is 3.25. The molecule has 0 saturated heterocycles. The molecule has 0 unspecified atom stereocenters. The summed E-state index contributed by atoms with van der Waals surface area (Å²) in [6.07, 6.45) is 4.97. The van der Waals surface area contributed by atoms with Crippen LogP contribution in [-0.2, 0) is 0 Å². The summed E-state index contributed by atoms with van der Waals surface area (Å²) in [7, 11) is 0. The largest absolute Gasteiger partial charge is 0.368 e. The first kappa shape index (κ1) is 10.9. The second-order valence-corrected chi connectivity index (χ2v) is 4.44. The van der Waals surface area contributed by atoms with Crippen LogP contribution in [0.25, 0.3) is 27.7 Å². The molecule has 6 heteroatoms. The van der Waals surface area contributed by atoms with Gasteiger partial charge in [0.1, 0.15) is 6.33 Å². The fourth-order valence-electron chi connectivity index (χ4n) is 2.28. The lowest BCUT2D eigenvalue weighted by Gasteiger charge is -2.05. The molecule has 96 valence electrons. The Hall–Kier alpha value is -3.02. The minimum absolute atomic E-state index is 0.323. The van der Waals surface area contributed by atoms with Crippen LogP contribution < -0.4 is 5.73 Å². The summed E-state index contributed by atoms with van der Waals surface area (Å²) in [5.41, 5.74) is 9.33. The van der Waals surface area contributed by atoms with Crippen LogP contribution in [0.4, 0.5) is 5.95 Å². The molecule has 20 heavy (non-hydrogen) atoms.